The molecule has 2 N–H and O–H groups in total. The van der Waals surface area contributed by atoms with Crippen LogP contribution in [-0.4, -0.2) is 45.3 Å². The zero-order chi connectivity index (χ0) is 19.5. The van der Waals surface area contributed by atoms with Gasteiger partial charge in [-0.2, -0.15) is 0 Å². The molecule has 0 spiro atoms. The monoisotopic (exact) mass is 379 g/mol. The first-order valence-electron chi connectivity index (χ1n) is 9.30. The summed E-state index contributed by atoms with van der Waals surface area (Å²) in [6, 6.07) is 14.0. The summed E-state index contributed by atoms with van der Waals surface area (Å²) in [6.07, 6.45) is 1.87. The van der Waals surface area contributed by atoms with Crippen LogP contribution in [-0.2, 0) is 4.79 Å². The molecule has 4 rings (SSSR count). The van der Waals surface area contributed by atoms with Crippen LogP contribution in [0.15, 0.2) is 48.5 Å². The molecule has 1 saturated heterocycles. The van der Waals surface area contributed by atoms with E-state index in [0.717, 1.165) is 42.8 Å². The number of amides is 1. The number of piperidine rings is 1. The predicted molar refractivity (Wildman–Crippen MR) is 106 cm³/mol. The van der Waals surface area contributed by atoms with Gasteiger partial charge in [0.25, 0.3) is 5.69 Å². The minimum absolute atomic E-state index is 0.0375. The van der Waals surface area contributed by atoms with E-state index in [1.54, 1.807) is 12.1 Å². The van der Waals surface area contributed by atoms with E-state index in [1.807, 2.05) is 24.3 Å². The fourth-order valence-electron chi connectivity index (χ4n) is 3.63. The number of carbonyl (C=O) groups is 1. The van der Waals surface area contributed by atoms with Gasteiger partial charge in [0.2, 0.25) is 5.91 Å². The van der Waals surface area contributed by atoms with E-state index in [9.17, 15) is 14.9 Å². The number of nitrogens with zero attached hydrogens (tertiary/aromatic N) is 3. The average molecular weight is 379 g/mol. The SMILES string of the molecule is O=C(CN1CCC(c2nc3ccccc3[nH]2)CC1)Nc1cccc([N+](=O)[O-])c1. The van der Waals surface area contributed by atoms with Gasteiger partial charge in [0.15, 0.2) is 0 Å². The molecule has 0 unspecified atom stereocenters. The third kappa shape index (κ3) is 4.01. The molecule has 0 saturated carbocycles. The van der Waals surface area contributed by atoms with E-state index in [-0.39, 0.29) is 18.1 Å². The number of benzene rings is 2. The number of imidazole rings is 1. The largest absolute Gasteiger partial charge is 0.342 e. The van der Waals surface area contributed by atoms with Gasteiger partial charge in [0.05, 0.1) is 22.5 Å². The van der Waals surface area contributed by atoms with E-state index >= 15 is 0 Å². The summed E-state index contributed by atoms with van der Waals surface area (Å²) < 4.78 is 0. The Hall–Kier alpha value is -3.26. The van der Waals surface area contributed by atoms with Crippen LogP contribution in [0.2, 0.25) is 0 Å². The van der Waals surface area contributed by atoms with Crippen LogP contribution in [0.3, 0.4) is 0 Å². The summed E-state index contributed by atoms with van der Waals surface area (Å²) in [5, 5.41) is 13.6. The Balaban J connectivity index is 1.31. The third-order valence-electron chi connectivity index (χ3n) is 5.09. The maximum absolute atomic E-state index is 12.3. The zero-order valence-electron chi connectivity index (χ0n) is 15.3. The number of para-hydroxylation sites is 2. The molecule has 0 atom stereocenters. The number of H-pyrrole nitrogens is 1. The number of nitrogens with one attached hydrogen (secondary N) is 2. The molecule has 0 radical (unpaired) electrons. The number of fused-ring (bicyclic) bond motifs is 1. The average Bonchev–Trinajstić information content (AvgIpc) is 3.13. The highest BCUT2D eigenvalue weighted by Crippen LogP contribution is 2.27. The molecule has 1 aliphatic rings. The summed E-state index contributed by atoms with van der Waals surface area (Å²) >= 11 is 0. The Labute approximate surface area is 161 Å². The second-order valence-electron chi connectivity index (χ2n) is 7.05. The standard InChI is InChI=1S/C20H21N5O3/c26-19(21-15-4-3-5-16(12-15)25(27)28)13-24-10-8-14(9-11-24)20-22-17-6-1-2-7-18(17)23-20/h1-7,12,14H,8-11,13H2,(H,21,26)(H,22,23). The summed E-state index contributed by atoms with van der Waals surface area (Å²) in [6.45, 7) is 1.89. The molecule has 2 aromatic carbocycles. The number of non-ortho nitro benzene ring substituents is 1. The highest BCUT2D eigenvalue weighted by Gasteiger charge is 2.24. The number of aromatic nitrogens is 2. The molecule has 0 aliphatic carbocycles. The second-order valence-corrected chi connectivity index (χ2v) is 7.05. The van der Waals surface area contributed by atoms with Crippen molar-refractivity contribution in [3.05, 3.63) is 64.5 Å². The molecule has 2 heterocycles. The summed E-state index contributed by atoms with van der Waals surface area (Å²) in [5.74, 6) is 1.22. The van der Waals surface area contributed by atoms with Gasteiger partial charge in [-0.3, -0.25) is 19.8 Å². The van der Waals surface area contributed by atoms with Crippen molar-refractivity contribution in [2.45, 2.75) is 18.8 Å². The van der Waals surface area contributed by atoms with Crippen molar-refractivity contribution in [2.75, 3.05) is 25.0 Å². The van der Waals surface area contributed by atoms with Crippen molar-refractivity contribution >= 4 is 28.3 Å². The number of likely N-dealkylation sites (tertiary alicyclic amines) is 1. The van der Waals surface area contributed by atoms with E-state index in [1.165, 1.54) is 12.1 Å². The molecule has 1 fully saturated rings. The lowest BCUT2D eigenvalue weighted by Gasteiger charge is -2.30. The van der Waals surface area contributed by atoms with Crippen LogP contribution in [0.25, 0.3) is 11.0 Å². The van der Waals surface area contributed by atoms with Crippen molar-refractivity contribution in [2.24, 2.45) is 0 Å². The number of aromatic amines is 1. The lowest BCUT2D eigenvalue weighted by Crippen LogP contribution is -2.38. The van der Waals surface area contributed by atoms with Crippen LogP contribution >= 0.6 is 0 Å². The topological polar surface area (TPSA) is 104 Å². The number of nitro groups is 1. The van der Waals surface area contributed by atoms with Crippen molar-refractivity contribution < 1.29 is 9.72 Å². The first kappa shape index (κ1) is 18.1. The third-order valence-corrected chi connectivity index (χ3v) is 5.09. The fraction of sp³-hybridized carbons (Fsp3) is 0.300. The summed E-state index contributed by atoms with van der Waals surface area (Å²) in [4.78, 5) is 32.9. The number of nitro benzene ring substituents is 1. The van der Waals surface area contributed by atoms with Gasteiger partial charge < -0.3 is 10.3 Å². The molecule has 1 amide bonds. The van der Waals surface area contributed by atoms with Crippen molar-refractivity contribution in [3.8, 4) is 0 Å². The number of carbonyl (C=O) groups excluding carboxylic acids is 1. The number of hydrogen-bond donors (Lipinski definition) is 2. The number of hydrogen-bond acceptors (Lipinski definition) is 5. The van der Waals surface area contributed by atoms with Crippen LogP contribution in [0, 0.1) is 10.1 Å². The lowest BCUT2D eigenvalue weighted by atomic mass is 9.96. The van der Waals surface area contributed by atoms with Gasteiger partial charge >= 0.3 is 0 Å². The first-order valence-corrected chi connectivity index (χ1v) is 9.30. The molecule has 3 aromatic rings. The molecule has 28 heavy (non-hydrogen) atoms. The first-order chi connectivity index (χ1) is 13.6. The molecular formula is C20H21N5O3. The van der Waals surface area contributed by atoms with Crippen LogP contribution < -0.4 is 5.32 Å². The van der Waals surface area contributed by atoms with E-state index in [2.05, 4.69) is 15.2 Å². The van der Waals surface area contributed by atoms with Gasteiger partial charge in [-0.15, -0.1) is 0 Å². The summed E-state index contributed by atoms with van der Waals surface area (Å²) in [5.41, 5.74) is 2.44. The van der Waals surface area contributed by atoms with Gasteiger partial charge in [-0.1, -0.05) is 18.2 Å². The second kappa shape index (κ2) is 7.77. The van der Waals surface area contributed by atoms with E-state index in [4.69, 9.17) is 4.98 Å². The Kier molecular flexibility index (Phi) is 5.03. The molecular weight excluding hydrogens is 358 g/mol. The predicted octanol–water partition coefficient (Wildman–Crippen LogP) is 3.29. The van der Waals surface area contributed by atoms with Gasteiger partial charge in [0.1, 0.15) is 5.82 Å². The lowest BCUT2D eigenvalue weighted by molar-refractivity contribution is -0.384. The van der Waals surface area contributed by atoms with Crippen LogP contribution in [0.5, 0.6) is 0 Å². The Morgan fingerprint density at radius 1 is 1.21 bits per heavy atom. The van der Waals surface area contributed by atoms with Gasteiger partial charge in [-0.25, -0.2) is 4.98 Å². The molecule has 1 aliphatic heterocycles. The van der Waals surface area contributed by atoms with Crippen LogP contribution in [0.1, 0.15) is 24.6 Å². The maximum atomic E-state index is 12.3. The Bertz CT molecular complexity index is 975. The van der Waals surface area contributed by atoms with Gasteiger partial charge in [-0.05, 0) is 44.1 Å². The Morgan fingerprint density at radius 2 is 2.00 bits per heavy atom. The quantitative estimate of drug-likeness (QED) is 0.523. The Morgan fingerprint density at radius 3 is 2.75 bits per heavy atom. The van der Waals surface area contributed by atoms with Crippen molar-refractivity contribution in [1.29, 1.82) is 0 Å². The summed E-state index contributed by atoms with van der Waals surface area (Å²) in [7, 11) is 0. The highest BCUT2D eigenvalue weighted by molar-refractivity contribution is 5.92. The minimum Gasteiger partial charge on any atom is -0.342 e. The smallest absolute Gasteiger partial charge is 0.271 e. The number of anilines is 1. The van der Waals surface area contributed by atoms with Crippen LogP contribution in [0.4, 0.5) is 11.4 Å². The van der Waals surface area contributed by atoms with Crippen molar-refractivity contribution in [3.63, 3.8) is 0 Å². The zero-order valence-corrected chi connectivity index (χ0v) is 15.3. The molecule has 0 bridgehead atoms. The van der Waals surface area contributed by atoms with Crippen molar-refractivity contribution in [1.82, 2.24) is 14.9 Å². The molecule has 1 aromatic heterocycles. The highest BCUT2D eigenvalue weighted by atomic mass is 16.6. The van der Waals surface area contributed by atoms with E-state index < -0.39 is 4.92 Å². The van der Waals surface area contributed by atoms with E-state index in [0.29, 0.717) is 11.6 Å². The normalized spacial score (nSPS) is 15.6. The molecule has 144 valence electrons. The minimum atomic E-state index is -0.474. The number of rotatable bonds is 5. The molecule has 8 nitrogen and oxygen atoms in total. The maximum Gasteiger partial charge on any atom is 0.271 e. The van der Waals surface area contributed by atoms with Gasteiger partial charge in [0, 0.05) is 23.7 Å². The molecule has 8 heteroatoms. The fourth-order valence-corrected chi connectivity index (χ4v) is 3.63.